The van der Waals surface area contributed by atoms with Crippen LogP contribution in [-0.4, -0.2) is 68.5 Å². The number of carbonyl (C=O) groups is 1. The second-order valence-corrected chi connectivity index (χ2v) is 9.06. The average molecular weight is 435 g/mol. The fourth-order valence-electron chi connectivity index (χ4n) is 3.59. The summed E-state index contributed by atoms with van der Waals surface area (Å²) >= 11 is 1.81. The number of nitrogens with one attached hydrogen (secondary N) is 2. The Morgan fingerprint density at radius 2 is 2.00 bits per heavy atom. The number of likely N-dealkylation sites (N-methyl/N-ethyl adjacent to an activating group) is 1. The van der Waals surface area contributed by atoms with E-state index >= 15 is 0 Å². The zero-order valence-corrected chi connectivity index (χ0v) is 19.7. The summed E-state index contributed by atoms with van der Waals surface area (Å²) in [4.78, 5) is 19.4. The Bertz CT molecular complexity index is 650. The first-order valence-corrected chi connectivity index (χ1v) is 12.1. The minimum absolute atomic E-state index is 0.00311. The van der Waals surface area contributed by atoms with Gasteiger partial charge in [0.25, 0.3) is 0 Å². The number of thioether (sulfide) groups is 1. The lowest BCUT2D eigenvalue weighted by atomic mass is 9.89. The summed E-state index contributed by atoms with van der Waals surface area (Å²) < 4.78 is 6.05. The normalized spacial score (nSPS) is 19.6. The molecule has 2 atom stereocenters. The van der Waals surface area contributed by atoms with Crippen molar-refractivity contribution in [1.29, 1.82) is 0 Å². The number of guanidine groups is 1. The van der Waals surface area contributed by atoms with Gasteiger partial charge in [0.2, 0.25) is 5.91 Å². The molecular weight excluding hydrogens is 396 g/mol. The lowest BCUT2D eigenvalue weighted by Crippen LogP contribution is -2.49. The lowest BCUT2D eigenvalue weighted by Gasteiger charge is -2.35. The van der Waals surface area contributed by atoms with Gasteiger partial charge in [-0.25, -0.2) is 4.99 Å². The molecule has 0 bridgehead atoms. The molecule has 7 heteroatoms. The summed E-state index contributed by atoms with van der Waals surface area (Å²) in [6, 6.07) is 10.7. The van der Waals surface area contributed by atoms with E-state index in [-0.39, 0.29) is 12.5 Å². The van der Waals surface area contributed by atoms with E-state index in [4.69, 9.17) is 4.74 Å². The first kappa shape index (κ1) is 24.5. The largest absolute Gasteiger partial charge is 0.378 e. The Labute approximate surface area is 186 Å². The number of hydrogen-bond acceptors (Lipinski definition) is 4. The number of nitrogens with zero attached hydrogens (tertiary/aromatic N) is 2. The maximum atomic E-state index is 12.0. The molecule has 1 amide bonds. The van der Waals surface area contributed by atoms with Crippen molar-refractivity contribution in [2.75, 3.05) is 39.5 Å². The second-order valence-electron chi connectivity index (χ2n) is 7.89. The van der Waals surface area contributed by atoms with E-state index in [0.29, 0.717) is 24.0 Å². The number of hydrogen-bond donors (Lipinski definition) is 2. The zero-order chi connectivity index (χ0) is 21.8. The van der Waals surface area contributed by atoms with E-state index in [9.17, 15) is 4.79 Å². The molecule has 1 aromatic carbocycles. The minimum atomic E-state index is -0.00311. The fraction of sp³-hybridized carbons (Fsp3) is 0.652. The van der Waals surface area contributed by atoms with Crippen molar-refractivity contribution in [2.24, 2.45) is 10.9 Å². The summed E-state index contributed by atoms with van der Waals surface area (Å²) in [6.45, 7) is 6.17. The monoisotopic (exact) mass is 434 g/mol. The zero-order valence-electron chi connectivity index (χ0n) is 18.9. The van der Waals surface area contributed by atoms with Gasteiger partial charge >= 0.3 is 0 Å². The van der Waals surface area contributed by atoms with Crippen LogP contribution >= 0.6 is 11.8 Å². The maximum Gasteiger partial charge on any atom is 0.243 e. The molecule has 1 aliphatic rings. The Hall–Kier alpha value is -1.73. The third-order valence-corrected chi connectivity index (χ3v) is 6.52. The van der Waals surface area contributed by atoms with Crippen LogP contribution in [0.3, 0.4) is 0 Å². The number of ether oxygens (including phenoxy) is 1. The minimum Gasteiger partial charge on any atom is -0.378 e. The van der Waals surface area contributed by atoms with Crippen LogP contribution in [0.25, 0.3) is 0 Å². The highest BCUT2D eigenvalue weighted by Gasteiger charge is 2.28. The molecule has 30 heavy (non-hydrogen) atoms. The van der Waals surface area contributed by atoms with Gasteiger partial charge in [0.05, 0.1) is 6.10 Å². The van der Waals surface area contributed by atoms with Crippen molar-refractivity contribution in [3.05, 3.63) is 30.3 Å². The number of amides is 1. The molecular formula is C23H38N4O2S. The van der Waals surface area contributed by atoms with Crippen molar-refractivity contribution in [2.45, 2.75) is 56.6 Å². The van der Waals surface area contributed by atoms with Crippen LogP contribution in [0.5, 0.6) is 0 Å². The quantitative estimate of drug-likeness (QED) is 0.256. The van der Waals surface area contributed by atoms with E-state index < -0.39 is 0 Å². The van der Waals surface area contributed by atoms with Crippen molar-refractivity contribution in [3.8, 4) is 0 Å². The van der Waals surface area contributed by atoms with Crippen molar-refractivity contribution in [1.82, 2.24) is 15.5 Å². The molecule has 2 unspecified atom stereocenters. The molecule has 168 valence electrons. The summed E-state index contributed by atoms with van der Waals surface area (Å²) in [6.07, 6.45) is 4.51. The molecule has 2 rings (SSSR count). The van der Waals surface area contributed by atoms with Crippen molar-refractivity contribution < 1.29 is 9.53 Å². The molecule has 0 aromatic heterocycles. The first-order chi connectivity index (χ1) is 14.5. The van der Waals surface area contributed by atoms with Gasteiger partial charge in [-0.2, -0.15) is 0 Å². The summed E-state index contributed by atoms with van der Waals surface area (Å²) in [5.74, 6) is 2.24. The average Bonchev–Trinajstić information content (AvgIpc) is 2.76. The molecule has 1 heterocycles. The van der Waals surface area contributed by atoms with E-state index in [1.54, 1.807) is 19.0 Å². The van der Waals surface area contributed by atoms with Crippen LogP contribution in [0, 0.1) is 5.92 Å². The molecule has 1 aromatic rings. The predicted octanol–water partition coefficient (Wildman–Crippen LogP) is 3.39. The Morgan fingerprint density at radius 1 is 1.27 bits per heavy atom. The standard InChI is InChI=1S/C23H38N4O2S/c1-5-18(6-2)21-16-19(12-14-29-21)26-23(25-17-22(28)27(3)4)24-13-15-30-20-10-8-7-9-11-20/h7-11,18-19,21H,5-6,12-17H2,1-4H3,(H2,24,25,26). The van der Waals surface area contributed by atoms with Crippen LogP contribution in [0.4, 0.5) is 0 Å². The van der Waals surface area contributed by atoms with Crippen LogP contribution in [-0.2, 0) is 9.53 Å². The molecule has 1 saturated heterocycles. The van der Waals surface area contributed by atoms with Gasteiger partial charge in [0.15, 0.2) is 5.96 Å². The fourth-order valence-corrected chi connectivity index (χ4v) is 4.38. The highest BCUT2D eigenvalue weighted by molar-refractivity contribution is 7.99. The van der Waals surface area contributed by atoms with Crippen molar-refractivity contribution in [3.63, 3.8) is 0 Å². The van der Waals surface area contributed by atoms with E-state index in [1.165, 1.54) is 4.90 Å². The number of aliphatic imine (C=N–C) groups is 1. The number of benzene rings is 1. The smallest absolute Gasteiger partial charge is 0.243 e. The van der Waals surface area contributed by atoms with Gasteiger partial charge in [-0.1, -0.05) is 44.9 Å². The van der Waals surface area contributed by atoms with Gasteiger partial charge in [-0.15, -0.1) is 11.8 Å². The third-order valence-electron chi connectivity index (χ3n) is 5.51. The van der Waals surface area contributed by atoms with E-state index in [2.05, 4.69) is 53.7 Å². The lowest BCUT2D eigenvalue weighted by molar-refractivity contribution is -0.127. The van der Waals surface area contributed by atoms with Crippen LogP contribution < -0.4 is 10.6 Å². The molecule has 1 fully saturated rings. The Balaban J connectivity index is 1.91. The molecule has 2 N–H and O–H groups in total. The highest BCUT2D eigenvalue weighted by atomic mass is 32.2. The molecule has 6 nitrogen and oxygen atoms in total. The second kappa shape index (κ2) is 13.5. The van der Waals surface area contributed by atoms with Gasteiger partial charge in [0.1, 0.15) is 6.54 Å². The van der Waals surface area contributed by atoms with Crippen LogP contribution in [0.15, 0.2) is 40.2 Å². The topological polar surface area (TPSA) is 66.0 Å². The highest BCUT2D eigenvalue weighted by Crippen LogP contribution is 2.25. The van der Waals surface area contributed by atoms with Crippen LogP contribution in [0.2, 0.25) is 0 Å². The molecule has 0 radical (unpaired) electrons. The Morgan fingerprint density at radius 3 is 2.67 bits per heavy atom. The predicted molar refractivity (Wildman–Crippen MR) is 126 cm³/mol. The van der Waals surface area contributed by atoms with Gasteiger partial charge < -0.3 is 20.3 Å². The third kappa shape index (κ3) is 8.56. The molecule has 1 aliphatic heterocycles. The summed E-state index contributed by atoms with van der Waals surface area (Å²) in [7, 11) is 3.52. The van der Waals surface area contributed by atoms with Crippen LogP contribution in [0.1, 0.15) is 39.5 Å². The first-order valence-electron chi connectivity index (χ1n) is 11.1. The van der Waals surface area contributed by atoms with Crippen molar-refractivity contribution >= 4 is 23.6 Å². The Kier molecular flexibility index (Phi) is 11.1. The maximum absolute atomic E-state index is 12.0. The SMILES string of the molecule is CCC(CC)C1CC(NC(=NCC(=O)N(C)C)NCCSc2ccccc2)CCO1. The molecule has 0 spiro atoms. The van der Waals surface area contributed by atoms with Gasteiger partial charge in [-0.3, -0.25) is 4.79 Å². The molecule has 0 saturated carbocycles. The molecule has 0 aliphatic carbocycles. The summed E-state index contributed by atoms with van der Waals surface area (Å²) in [5.41, 5.74) is 0. The van der Waals surface area contributed by atoms with E-state index in [0.717, 1.165) is 44.6 Å². The van der Waals surface area contributed by atoms with Gasteiger partial charge in [0, 0.05) is 43.9 Å². The summed E-state index contributed by atoms with van der Waals surface area (Å²) in [5, 5.41) is 6.97. The number of carbonyl (C=O) groups excluding carboxylic acids is 1. The van der Waals surface area contributed by atoms with E-state index in [1.807, 2.05) is 17.8 Å². The van der Waals surface area contributed by atoms with Gasteiger partial charge in [-0.05, 0) is 30.9 Å². The number of rotatable bonds is 10.